The van der Waals surface area contributed by atoms with Crippen molar-refractivity contribution in [1.82, 2.24) is 10.4 Å². The molecule has 24 heavy (non-hydrogen) atoms. The molecule has 0 aliphatic rings. The molecule has 0 aromatic heterocycles. The predicted molar refractivity (Wildman–Crippen MR) is 95.8 cm³/mol. The third-order valence-electron chi connectivity index (χ3n) is 2.97. The highest BCUT2D eigenvalue weighted by Crippen LogP contribution is 2.18. The van der Waals surface area contributed by atoms with Crippen LogP contribution in [0.3, 0.4) is 0 Å². The molecule has 0 fully saturated rings. The minimum Gasteiger partial charge on any atom is -0.443 e. The molecule has 0 aliphatic heterocycles. The molecule has 2 amide bonds. The maximum Gasteiger partial charge on any atom is 0.426 e. The van der Waals surface area contributed by atoms with E-state index in [0.29, 0.717) is 12.1 Å². The number of benzene rings is 1. The topological polar surface area (TPSA) is 58.6 Å². The number of nitrogens with one attached hydrogen (secondary N) is 1. The zero-order valence-electron chi connectivity index (χ0n) is 16.1. The van der Waals surface area contributed by atoms with Gasteiger partial charge < -0.3 is 4.74 Å². The van der Waals surface area contributed by atoms with Crippen LogP contribution in [0.2, 0.25) is 0 Å². The van der Waals surface area contributed by atoms with Gasteiger partial charge in [-0.25, -0.2) is 15.2 Å². The predicted octanol–water partition coefficient (Wildman–Crippen LogP) is 4.23. The number of carbonyl (C=O) groups excluding carboxylic acids is 2. The van der Waals surface area contributed by atoms with Gasteiger partial charge in [-0.15, -0.1) is 0 Å². The lowest BCUT2D eigenvalue weighted by molar-refractivity contribution is 0.0242. The molecular weight excluding hydrogens is 304 g/mol. The molecule has 134 valence electrons. The second-order valence-corrected chi connectivity index (χ2v) is 8.44. The Hall–Kier alpha value is -2.04. The molecule has 0 heterocycles. The fourth-order valence-electron chi connectivity index (χ4n) is 2.30. The summed E-state index contributed by atoms with van der Waals surface area (Å²) in [6.07, 6.45) is -0.635. The lowest BCUT2D eigenvalue weighted by Crippen LogP contribution is -2.51. The molecule has 1 rings (SSSR count). The summed E-state index contributed by atoms with van der Waals surface area (Å²) >= 11 is 0. The van der Waals surface area contributed by atoms with Crippen molar-refractivity contribution in [2.45, 2.75) is 61.0 Å². The van der Waals surface area contributed by atoms with Gasteiger partial charge >= 0.3 is 6.09 Å². The molecule has 0 saturated carbocycles. The summed E-state index contributed by atoms with van der Waals surface area (Å²) < 4.78 is 5.27. The molecule has 0 atom stereocenters. The normalized spacial score (nSPS) is 11.8. The maximum absolute atomic E-state index is 12.9. The number of carbonyl (C=O) groups is 2. The molecule has 1 aromatic rings. The first kappa shape index (κ1) is 20.0. The van der Waals surface area contributed by atoms with E-state index in [2.05, 4.69) is 5.43 Å². The lowest BCUT2D eigenvalue weighted by atomic mass is 9.96. The van der Waals surface area contributed by atoms with Gasteiger partial charge in [0.2, 0.25) is 0 Å². The van der Waals surface area contributed by atoms with Crippen LogP contribution < -0.4 is 5.43 Å². The molecule has 0 spiro atoms. The van der Waals surface area contributed by atoms with Crippen molar-refractivity contribution in [2.75, 3.05) is 6.54 Å². The number of ether oxygens (including phenoxy) is 1. The van der Waals surface area contributed by atoms with Gasteiger partial charge in [-0.05, 0) is 52.2 Å². The quantitative estimate of drug-likeness (QED) is 0.823. The fraction of sp³-hybridized carbons (Fsp3) is 0.579. The molecule has 0 radical (unpaired) electrons. The number of rotatable bonds is 2. The lowest BCUT2D eigenvalue weighted by Gasteiger charge is -2.31. The van der Waals surface area contributed by atoms with Crippen LogP contribution in [0.15, 0.2) is 18.2 Å². The van der Waals surface area contributed by atoms with Crippen LogP contribution >= 0.6 is 0 Å². The van der Waals surface area contributed by atoms with Crippen LogP contribution in [-0.4, -0.2) is 29.2 Å². The number of amides is 2. The van der Waals surface area contributed by atoms with Crippen molar-refractivity contribution in [2.24, 2.45) is 5.41 Å². The van der Waals surface area contributed by atoms with Gasteiger partial charge in [0.05, 0.1) is 0 Å². The summed E-state index contributed by atoms with van der Waals surface area (Å²) in [7, 11) is 0. The summed E-state index contributed by atoms with van der Waals surface area (Å²) in [6.45, 7) is 15.6. The Bertz CT molecular complexity index is 590. The molecule has 0 unspecified atom stereocenters. The Labute approximate surface area is 145 Å². The van der Waals surface area contributed by atoms with Gasteiger partial charge in [0.15, 0.2) is 0 Å². The van der Waals surface area contributed by atoms with E-state index in [1.807, 2.05) is 52.8 Å². The van der Waals surface area contributed by atoms with Crippen molar-refractivity contribution in [3.8, 4) is 0 Å². The second-order valence-electron chi connectivity index (χ2n) is 8.44. The van der Waals surface area contributed by atoms with E-state index in [-0.39, 0.29) is 11.3 Å². The van der Waals surface area contributed by atoms with Gasteiger partial charge in [0.25, 0.3) is 5.91 Å². The first-order valence-electron chi connectivity index (χ1n) is 8.17. The molecule has 1 aromatic carbocycles. The fourth-order valence-corrected chi connectivity index (χ4v) is 2.30. The third-order valence-corrected chi connectivity index (χ3v) is 2.97. The van der Waals surface area contributed by atoms with Crippen LogP contribution in [0.4, 0.5) is 4.79 Å². The molecule has 0 saturated heterocycles. The largest absolute Gasteiger partial charge is 0.443 e. The molecule has 5 heteroatoms. The molecule has 0 aliphatic carbocycles. The van der Waals surface area contributed by atoms with Crippen LogP contribution in [0.1, 0.15) is 63.0 Å². The van der Waals surface area contributed by atoms with Crippen LogP contribution in [0.25, 0.3) is 0 Å². The first-order valence-corrected chi connectivity index (χ1v) is 8.17. The van der Waals surface area contributed by atoms with Gasteiger partial charge in [-0.2, -0.15) is 0 Å². The summed E-state index contributed by atoms with van der Waals surface area (Å²) in [4.78, 5) is 25.0. The first-order chi connectivity index (χ1) is 10.8. The maximum atomic E-state index is 12.9. The van der Waals surface area contributed by atoms with Crippen molar-refractivity contribution in [3.05, 3.63) is 34.9 Å². The molecule has 1 N–H and O–H groups in total. The van der Waals surface area contributed by atoms with E-state index in [9.17, 15) is 9.59 Å². The Morgan fingerprint density at radius 1 is 1.00 bits per heavy atom. The Kier molecular flexibility index (Phi) is 6.04. The van der Waals surface area contributed by atoms with Crippen LogP contribution in [0.5, 0.6) is 0 Å². The smallest absolute Gasteiger partial charge is 0.426 e. The zero-order chi connectivity index (χ0) is 18.7. The number of hydrogen-bond acceptors (Lipinski definition) is 3. The summed E-state index contributed by atoms with van der Waals surface area (Å²) in [5, 5.41) is 1.34. The minimum atomic E-state index is -0.635. The number of hydrazine groups is 1. The van der Waals surface area contributed by atoms with Crippen LogP contribution in [0, 0.1) is 19.3 Å². The third kappa shape index (κ3) is 7.02. The van der Waals surface area contributed by atoms with Crippen molar-refractivity contribution in [3.63, 3.8) is 0 Å². The van der Waals surface area contributed by atoms with E-state index in [0.717, 1.165) is 11.1 Å². The van der Waals surface area contributed by atoms with Crippen molar-refractivity contribution < 1.29 is 14.3 Å². The zero-order valence-corrected chi connectivity index (χ0v) is 16.1. The van der Waals surface area contributed by atoms with E-state index in [4.69, 9.17) is 4.74 Å². The van der Waals surface area contributed by atoms with Gasteiger partial charge in [-0.3, -0.25) is 4.79 Å². The second kappa shape index (κ2) is 7.24. The summed E-state index contributed by atoms with van der Waals surface area (Å²) in [6, 6.07) is 5.65. The van der Waals surface area contributed by atoms with Gasteiger partial charge in [0.1, 0.15) is 5.60 Å². The highest BCUT2D eigenvalue weighted by molar-refractivity contribution is 5.95. The van der Waals surface area contributed by atoms with E-state index >= 15 is 0 Å². The molecular formula is C19H30N2O3. The highest BCUT2D eigenvalue weighted by atomic mass is 16.6. The van der Waals surface area contributed by atoms with Gasteiger partial charge in [0, 0.05) is 12.1 Å². The highest BCUT2D eigenvalue weighted by Gasteiger charge is 2.26. The average molecular weight is 334 g/mol. The van der Waals surface area contributed by atoms with Crippen molar-refractivity contribution >= 4 is 12.0 Å². The van der Waals surface area contributed by atoms with Crippen LogP contribution in [-0.2, 0) is 4.74 Å². The molecule has 5 nitrogen and oxygen atoms in total. The minimum absolute atomic E-state index is 0.177. The van der Waals surface area contributed by atoms with E-state index in [1.54, 1.807) is 20.8 Å². The summed E-state index contributed by atoms with van der Waals surface area (Å²) in [5.41, 5.74) is 4.35. The van der Waals surface area contributed by atoms with E-state index < -0.39 is 11.7 Å². The Morgan fingerprint density at radius 3 is 1.92 bits per heavy atom. The standard InChI is InChI=1S/C19H30N2O3/c1-13-9-14(2)11-15(10-13)16(22)21(12-18(3,4)5)20-17(23)24-19(6,7)8/h9-11H,12H2,1-8H3,(H,20,23). The number of nitrogens with zero attached hydrogens (tertiary/aromatic N) is 1. The van der Waals surface area contributed by atoms with Crippen molar-refractivity contribution in [1.29, 1.82) is 0 Å². The molecule has 0 bridgehead atoms. The monoisotopic (exact) mass is 334 g/mol. The Morgan fingerprint density at radius 2 is 1.50 bits per heavy atom. The van der Waals surface area contributed by atoms with Gasteiger partial charge in [-0.1, -0.05) is 38.0 Å². The Balaban J connectivity index is 3.04. The average Bonchev–Trinajstić information content (AvgIpc) is 2.31. The SMILES string of the molecule is Cc1cc(C)cc(C(=O)N(CC(C)(C)C)NC(=O)OC(C)(C)C)c1. The number of hydrogen-bond donors (Lipinski definition) is 1. The number of aryl methyl sites for hydroxylation is 2. The van der Waals surface area contributed by atoms with E-state index in [1.165, 1.54) is 5.01 Å². The summed E-state index contributed by atoms with van der Waals surface area (Å²) in [5.74, 6) is -0.248.